The summed E-state index contributed by atoms with van der Waals surface area (Å²) in [5.41, 5.74) is 4.58. The molecule has 2 heterocycles. The first kappa shape index (κ1) is 10.7. The van der Waals surface area contributed by atoms with Gasteiger partial charge in [-0.3, -0.25) is 0 Å². The van der Waals surface area contributed by atoms with Crippen LogP contribution in [0.15, 0.2) is 41.0 Å². The number of aromatic nitrogens is 1. The SMILES string of the molecule is Cc1c(C#N)cc(-c2coc3ccccc23)n1C. The molecule has 0 aliphatic carbocycles. The molecule has 0 aliphatic rings. The molecule has 2 aromatic heterocycles. The number of hydrogen-bond donors (Lipinski definition) is 0. The van der Waals surface area contributed by atoms with Crippen LogP contribution in [0.5, 0.6) is 0 Å². The van der Waals surface area contributed by atoms with Crippen LogP contribution in [0.2, 0.25) is 0 Å². The number of hydrogen-bond acceptors (Lipinski definition) is 2. The first-order chi connectivity index (χ1) is 8.72. The molecule has 0 saturated heterocycles. The van der Waals surface area contributed by atoms with Crippen LogP contribution in [-0.2, 0) is 7.05 Å². The maximum absolute atomic E-state index is 9.08. The van der Waals surface area contributed by atoms with Crippen molar-refractivity contribution in [2.45, 2.75) is 6.92 Å². The molecule has 88 valence electrons. The maximum Gasteiger partial charge on any atom is 0.134 e. The summed E-state index contributed by atoms with van der Waals surface area (Å²) in [6.07, 6.45) is 1.75. The molecule has 0 unspecified atom stereocenters. The zero-order valence-electron chi connectivity index (χ0n) is 10.3. The van der Waals surface area contributed by atoms with Gasteiger partial charge in [0.05, 0.1) is 11.3 Å². The van der Waals surface area contributed by atoms with Gasteiger partial charge in [0.15, 0.2) is 0 Å². The van der Waals surface area contributed by atoms with E-state index < -0.39 is 0 Å². The third kappa shape index (κ3) is 1.36. The highest BCUT2D eigenvalue weighted by molar-refractivity contribution is 5.93. The van der Waals surface area contributed by atoms with Gasteiger partial charge in [-0.05, 0) is 19.1 Å². The zero-order chi connectivity index (χ0) is 12.7. The van der Waals surface area contributed by atoms with E-state index in [0.717, 1.165) is 27.9 Å². The Morgan fingerprint density at radius 3 is 2.78 bits per heavy atom. The summed E-state index contributed by atoms with van der Waals surface area (Å²) in [5, 5.41) is 10.2. The number of furan rings is 1. The molecular weight excluding hydrogens is 224 g/mol. The first-order valence-corrected chi connectivity index (χ1v) is 5.75. The number of benzene rings is 1. The van der Waals surface area contributed by atoms with Crippen LogP contribution in [0.4, 0.5) is 0 Å². The minimum Gasteiger partial charge on any atom is -0.464 e. The fourth-order valence-corrected chi connectivity index (χ4v) is 2.25. The molecule has 0 atom stereocenters. The first-order valence-electron chi connectivity index (χ1n) is 5.75. The lowest BCUT2D eigenvalue weighted by atomic mass is 10.1. The molecule has 0 saturated carbocycles. The Hall–Kier alpha value is -2.47. The third-order valence-corrected chi connectivity index (χ3v) is 3.41. The van der Waals surface area contributed by atoms with Crippen molar-refractivity contribution in [3.05, 3.63) is 47.9 Å². The number of para-hydroxylation sites is 1. The zero-order valence-corrected chi connectivity index (χ0v) is 10.3. The van der Waals surface area contributed by atoms with Gasteiger partial charge in [-0.2, -0.15) is 5.26 Å². The molecule has 3 aromatic rings. The van der Waals surface area contributed by atoms with E-state index >= 15 is 0 Å². The van der Waals surface area contributed by atoms with Gasteiger partial charge in [-0.1, -0.05) is 18.2 Å². The van der Waals surface area contributed by atoms with Crippen molar-refractivity contribution >= 4 is 11.0 Å². The Kier molecular flexibility index (Phi) is 2.24. The van der Waals surface area contributed by atoms with Gasteiger partial charge in [0, 0.05) is 23.7 Å². The van der Waals surface area contributed by atoms with Crippen molar-refractivity contribution in [1.29, 1.82) is 5.26 Å². The second-order valence-electron chi connectivity index (χ2n) is 4.35. The average Bonchev–Trinajstić information content (AvgIpc) is 2.93. The second-order valence-corrected chi connectivity index (χ2v) is 4.35. The Morgan fingerprint density at radius 2 is 2.06 bits per heavy atom. The lowest BCUT2D eigenvalue weighted by Gasteiger charge is -2.02. The highest BCUT2D eigenvalue weighted by atomic mass is 16.3. The highest BCUT2D eigenvalue weighted by Gasteiger charge is 2.14. The number of fused-ring (bicyclic) bond motifs is 1. The summed E-state index contributed by atoms with van der Waals surface area (Å²) in [5.74, 6) is 0. The minimum absolute atomic E-state index is 0.706. The van der Waals surface area contributed by atoms with Crippen LogP contribution in [-0.4, -0.2) is 4.57 Å². The van der Waals surface area contributed by atoms with Crippen LogP contribution in [0, 0.1) is 18.3 Å². The molecule has 18 heavy (non-hydrogen) atoms. The molecule has 0 bridgehead atoms. The van der Waals surface area contributed by atoms with Crippen molar-refractivity contribution in [1.82, 2.24) is 4.57 Å². The topological polar surface area (TPSA) is 41.9 Å². The standard InChI is InChI=1S/C15H12N2O/c1-10-11(8-16)7-14(17(10)2)13-9-18-15-6-4-3-5-12(13)15/h3-7,9H,1-2H3. The summed E-state index contributed by atoms with van der Waals surface area (Å²) in [6.45, 7) is 1.95. The maximum atomic E-state index is 9.08. The van der Waals surface area contributed by atoms with Gasteiger partial charge in [0.2, 0.25) is 0 Å². The summed E-state index contributed by atoms with van der Waals surface area (Å²) < 4.78 is 7.57. The van der Waals surface area contributed by atoms with Crippen LogP contribution in [0.3, 0.4) is 0 Å². The van der Waals surface area contributed by atoms with Crippen molar-refractivity contribution in [2.75, 3.05) is 0 Å². The summed E-state index contributed by atoms with van der Waals surface area (Å²) in [7, 11) is 1.97. The molecule has 0 spiro atoms. The van der Waals surface area contributed by atoms with Gasteiger partial charge < -0.3 is 8.98 Å². The predicted molar refractivity (Wildman–Crippen MR) is 70.1 cm³/mol. The van der Waals surface area contributed by atoms with E-state index in [0.29, 0.717) is 5.56 Å². The van der Waals surface area contributed by atoms with E-state index in [-0.39, 0.29) is 0 Å². The Bertz CT molecular complexity index is 771. The lowest BCUT2D eigenvalue weighted by Crippen LogP contribution is -1.93. The Balaban J connectivity index is 2.30. The number of rotatable bonds is 1. The normalized spacial score (nSPS) is 10.7. The molecule has 0 fully saturated rings. The molecule has 0 aliphatic heterocycles. The van der Waals surface area contributed by atoms with E-state index in [9.17, 15) is 0 Å². The monoisotopic (exact) mass is 236 g/mol. The fraction of sp³-hybridized carbons (Fsp3) is 0.133. The molecule has 3 heteroatoms. The van der Waals surface area contributed by atoms with E-state index in [2.05, 4.69) is 6.07 Å². The van der Waals surface area contributed by atoms with E-state index in [4.69, 9.17) is 9.68 Å². The summed E-state index contributed by atoms with van der Waals surface area (Å²) in [4.78, 5) is 0. The van der Waals surface area contributed by atoms with Crippen molar-refractivity contribution < 1.29 is 4.42 Å². The van der Waals surface area contributed by atoms with Crippen LogP contribution in [0.1, 0.15) is 11.3 Å². The van der Waals surface area contributed by atoms with Gasteiger partial charge in [0.1, 0.15) is 17.9 Å². The molecule has 0 radical (unpaired) electrons. The smallest absolute Gasteiger partial charge is 0.134 e. The summed E-state index contributed by atoms with van der Waals surface area (Å²) >= 11 is 0. The van der Waals surface area contributed by atoms with E-state index in [1.54, 1.807) is 6.26 Å². The quantitative estimate of drug-likeness (QED) is 0.647. The number of nitrogens with zero attached hydrogens (tertiary/aromatic N) is 2. The van der Waals surface area contributed by atoms with Crippen LogP contribution < -0.4 is 0 Å². The molecule has 3 rings (SSSR count). The van der Waals surface area contributed by atoms with Gasteiger partial charge >= 0.3 is 0 Å². The Labute approximate surface area is 105 Å². The summed E-state index contributed by atoms with van der Waals surface area (Å²) in [6, 6.07) is 12.0. The van der Waals surface area contributed by atoms with E-state index in [1.807, 2.05) is 48.9 Å². The molecular formula is C15H12N2O. The van der Waals surface area contributed by atoms with Crippen molar-refractivity contribution in [3.63, 3.8) is 0 Å². The molecule has 1 aromatic carbocycles. The Morgan fingerprint density at radius 1 is 1.28 bits per heavy atom. The average molecular weight is 236 g/mol. The lowest BCUT2D eigenvalue weighted by molar-refractivity contribution is 0.616. The second kappa shape index (κ2) is 3.78. The largest absolute Gasteiger partial charge is 0.464 e. The highest BCUT2D eigenvalue weighted by Crippen LogP contribution is 2.32. The van der Waals surface area contributed by atoms with E-state index in [1.165, 1.54) is 0 Å². The van der Waals surface area contributed by atoms with Gasteiger partial charge in [0.25, 0.3) is 0 Å². The van der Waals surface area contributed by atoms with Gasteiger partial charge in [-0.15, -0.1) is 0 Å². The van der Waals surface area contributed by atoms with Crippen LogP contribution >= 0.6 is 0 Å². The molecule has 3 nitrogen and oxygen atoms in total. The van der Waals surface area contributed by atoms with Crippen LogP contribution in [0.25, 0.3) is 22.2 Å². The predicted octanol–water partition coefficient (Wildman–Crippen LogP) is 3.62. The fourth-order valence-electron chi connectivity index (χ4n) is 2.25. The van der Waals surface area contributed by atoms with Gasteiger partial charge in [-0.25, -0.2) is 0 Å². The minimum atomic E-state index is 0.706. The van der Waals surface area contributed by atoms with Crippen molar-refractivity contribution in [2.24, 2.45) is 7.05 Å². The number of nitriles is 1. The molecule has 0 N–H and O–H groups in total. The third-order valence-electron chi connectivity index (χ3n) is 3.41. The molecule has 0 amide bonds. The van der Waals surface area contributed by atoms with Crippen molar-refractivity contribution in [3.8, 4) is 17.3 Å².